The summed E-state index contributed by atoms with van der Waals surface area (Å²) in [6.07, 6.45) is -0.0218. The molecule has 130 valence electrons. The van der Waals surface area contributed by atoms with Crippen LogP contribution in [0, 0.1) is 13.8 Å². The highest BCUT2D eigenvalue weighted by molar-refractivity contribution is 5.75. The number of primary amides is 1. The normalized spacial score (nSPS) is 10.8. The van der Waals surface area contributed by atoms with Gasteiger partial charge in [0.25, 0.3) is 0 Å². The number of ether oxygens (including phenoxy) is 1. The van der Waals surface area contributed by atoms with Crippen LogP contribution in [0.5, 0.6) is 5.75 Å². The number of amides is 1. The number of aromatic nitrogens is 4. The Morgan fingerprint density at radius 1 is 1.28 bits per heavy atom. The fourth-order valence-electron chi connectivity index (χ4n) is 2.62. The Morgan fingerprint density at radius 2 is 2.00 bits per heavy atom. The summed E-state index contributed by atoms with van der Waals surface area (Å²) in [5.41, 5.74) is 7.78. The summed E-state index contributed by atoms with van der Waals surface area (Å²) in [5, 5.41) is 8.40. The van der Waals surface area contributed by atoms with Crippen LogP contribution in [-0.4, -0.2) is 32.9 Å². The Morgan fingerprint density at radius 3 is 2.56 bits per heavy atom. The fraction of sp³-hybridized carbons (Fsp3) is 0.294. The van der Waals surface area contributed by atoms with E-state index < -0.39 is 5.91 Å². The molecule has 0 saturated heterocycles. The van der Waals surface area contributed by atoms with Crippen molar-refractivity contribution in [2.24, 2.45) is 5.73 Å². The van der Waals surface area contributed by atoms with E-state index in [2.05, 4.69) is 15.2 Å². The van der Waals surface area contributed by atoms with E-state index >= 15 is 0 Å². The third kappa shape index (κ3) is 3.52. The molecule has 2 heterocycles. The number of methoxy groups -OCH3 is 1. The van der Waals surface area contributed by atoms with Crippen molar-refractivity contribution in [3.63, 3.8) is 0 Å². The molecular weight excluding hydrogens is 322 g/mol. The number of hydrogen-bond donors (Lipinski definition) is 1. The molecule has 3 rings (SSSR count). The number of nitrogens with two attached hydrogens (primary N) is 1. The van der Waals surface area contributed by atoms with Crippen molar-refractivity contribution in [1.82, 2.24) is 19.9 Å². The van der Waals surface area contributed by atoms with Gasteiger partial charge in [-0.05, 0) is 31.5 Å². The van der Waals surface area contributed by atoms with E-state index in [0.717, 1.165) is 16.9 Å². The molecule has 0 spiro atoms. The topological polar surface area (TPSA) is 109 Å². The second-order valence-electron chi connectivity index (χ2n) is 5.70. The van der Waals surface area contributed by atoms with Crippen molar-refractivity contribution in [3.8, 4) is 17.1 Å². The first-order valence-electron chi connectivity index (χ1n) is 7.76. The molecule has 0 radical (unpaired) electrons. The first kappa shape index (κ1) is 16.7. The zero-order valence-electron chi connectivity index (χ0n) is 14.3. The van der Waals surface area contributed by atoms with E-state index in [-0.39, 0.29) is 6.42 Å². The van der Waals surface area contributed by atoms with Gasteiger partial charge >= 0.3 is 0 Å². The van der Waals surface area contributed by atoms with Gasteiger partial charge in [-0.2, -0.15) is 5.10 Å². The van der Waals surface area contributed by atoms with Gasteiger partial charge in [0.05, 0.1) is 31.3 Å². The summed E-state index contributed by atoms with van der Waals surface area (Å²) in [4.78, 5) is 15.7. The molecule has 8 heteroatoms. The second kappa shape index (κ2) is 6.76. The van der Waals surface area contributed by atoms with Crippen molar-refractivity contribution in [2.75, 3.05) is 7.11 Å². The van der Waals surface area contributed by atoms with Gasteiger partial charge in [0.15, 0.2) is 11.6 Å². The van der Waals surface area contributed by atoms with Crippen LogP contribution < -0.4 is 10.5 Å². The molecule has 2 N–H and O–H groups in total. The predicted octanol–water partition coefficient (Wildman–Crippen LogP) is 1.63. The van der Waals surface area contributed by atoms with Crippen LogP contribution >= 0.6 is 0 Å². The highest BCUT2D eigenvalue weighted by Crippen LogP contribution is 2.26. The van der Waals surface area contributed by atoms with Crippen LogP contribution in [0.15, 0.2) is 28.8 Å². The minimum atomic E-state index is -0.480. The summed E-state index contributed by atoms with van der Waals surface area (Å²) in [5.74, 6) is 1.92. The van der Waals surface area contributed by atoms with E-state index in [1.807, 2.05) is 38.1 Å². The minimum Gasteiger partial charge on any atom is -0.497 e. The van der Waals surface area contributed by atoms with Gasteiger partial charge in [0.2, 0.25) is 5.91 Å². The molecule has 3 aromatic rings. The van der Waals surface area contributed by atoms with Crippen molar-refractivity contribution in [1.29, 1.82) is 0 Å². The van der Waals surface area contributed by atoms with E-state index in [1.165, 1.54) is 0 Å². The second-order valence-corrected chi connectivity index (χ2v) is 5.70. The molecule has 2 aromatic heterocycles. The Hall–Kier alpha value is -3.16. The van der Waals surface area contributed by atoms with Crippen LogP contribution in [-0.2, 0) is 17.8 Å². The third-order valence-electron chi connectivity index (χ3n) is 3.80. The molecule has 0 saturated carbocycles. The van der Waals surface area contributed by atoms with Gasteiger partial charge in [-0.1, -0.05) is 17.3 Å². The Bertz CT molecular complexity index is 876. The van der Waals surface area contributed by atoms with Gasteiger partial charge in [0, 0.05) is 0 Å². The van der Waals surface area contributed by atoms with Gasteiger partial charge in [-0.15, -0.1) is 0 Å². The lowest BCUT2D eigenvalue weighted by atomic mass is 10.2. The molecule has 0 bridgehead atoms. The average Bonchev–Trinajstić information content (AvgIpc) is 3.10. The van der Waals surface area contributed by atoms with E-state index in [9.17, 15) is 4.79 Å². The molecule has 0 aliphatic carbocycles. The lowest BCUT2D eigenvalue weighted by molar-refractivity contribution is -0.117. The number of carbonyl (C=O) groups excluding carboxylic acids is 1. The molecule has 1 aromatic carbocycles. The van der Waals surface area contributed by atoms with Crippen molar-refractivity contribution in [2.45, 2.75) is 26.8 Å². The summed E-state index contributed by atoms with van der Waals surface area (Å²) < 4.78 is 12.1. The van der Waals surface area contributed by atoms with Crippen molar-refractivity contribution in [3.05, 3.63) is 47.1 Å². The summed E-state index contributed by atoms with van der Waals surface area (Å²) >= 11 is 0. The lowest BCUT2D eigenvalue weighted by Crippen LogP contribution is -2.15. The molecular formula is C17H19N5O3. The van der Waals surface area contributed by atoms with Crippen LogP contribution in [0.1, 0.15) is 22.8 Å². The summed E-state index contributed by atoms with van der Waals surface area (Å²) in [7, 11) is 1.62. The smallest absolute Gasteiger partial charge is 0.225 e. The van der Waals surface area contributed by atoms with Gasteiger partial charge in [0.1, 0.15) is 11.5 Å². The maximum Gasteiger partial charge on any atom is 0.225 e. The highest BCUT2D eigenvalue weighted by atomic mass is 16.5. The largest absolute Gasteiger partial charge is 0.497 e. The number of hydrogen-bond acceptors (Lipinski definition) is 6. The highest BCUT2D eigenvalue weighted by Gasteiger charge is 2.20. The molecule has 25 heavy (non-hydrogen) atoms. The summed E-state index contributed by atoms with van der Waals surface area (Å²) in [6, 6.07) is 7.66. The van der Waals surface area contributed by atoms with Crippen LogP contribution in [0.25, 0.3) is 11.4 Å². The number of benzene rings is 1. The van der Waals surface area contributed by atoms with Crippen LogP contribution in [0.2, 0.25) is 0 Å². The summed E-state index contributed by atoms with van der Waals surface area (Å²) in [6.45, 7) is 4.14. The van der Waals surface area contributed by atoms with Gasteiger partial charge in [-0.3, -0.25) is 4.79 Å². The maximum atomic E-state index is 11.2. The molecule has 1 amide bonds. The minimum absolute atomic E-state index is 0.0218. The molecule has 0 fully saturated rings. The molecule has 0 aliphatic heterocycles. The zero-order valence-corrected chi connectivity index (χ0v) is 14.3. The lowest BCUT2D eigenvalue weighted by Gasteiger charge is -2.07. The first-order chi connectivity index (χ1) is 12.0. The number of nitrogens with zero attached hydrogens (tertiary/aromatic N) is 4. The number of aryl methyl sites for hydroxylation is 2. The van der Waals surface area contributed by atoms with Crippen molar-refractivity contribution >= 4 is 5.91 Å². The standard InChI is InChI=1S/C17H19N5O3/c1-10-16(11(2)25-21-10)17-19-15(8-14(18)23)20-22(17)9-12-4-6-13(24-3)7-5-12/h4-7H,8-9H2,1-3H3,(H2,18,23). The van der Waals surface area contributed by atoms with Crippen LogP contribution in [0.4, 0.5) is 0 Å². The van der Waals surface area contributed by atoms with Crippen molar-refractivity contribution < 1.29 is 14.1 Å². The van der Waals surface area contributed by atoms with E-state index in [4.69, 9.17) is 15.0 Å². The number of rotatable bonds is 6. The van der Waals surface area contributed by atoms with E-state index in [1.54, 1.807) is 11.8 Å². The Balaban J connectivity index is 2.01. The quantitative estimate of drug-likeness (QED) is 0.730. The third-order valence-corrected chi connectivity index (χ3v) is 3.80. The Labute approximate surface area is 144 Å². The molecule has 0 aliphatic rings. The van der Waals surface area contributed by atoms with Gasteiger partial charge < -0.3 is 15.0 Å². The molecule has 0 atom stereocenters. The molecule has 8 nitrogen and oxygen atoms in total. The van der Waals surface area contributed by atoms with Crippen LogP contribution in [0.3, 0.4) is 0 Å². The fourth-order valence-corrected chi connectivity index (χ4v) is 2.62. The average molecular weight is 341 g/mol. The molecule has 0 unspecified atom stereocenters. The zero-order chi connectivity index (χ0) is 18.0. The van der Waals surface area contributed by atoms with Gasteiger partial charge in [-0.25, -0.2) is 9.67 Å². The predicted molar refractivity (Wildman–Crippen MR) is 90.0 cm³/mol. The number of carbonyl (C=O) groups is 1. The Kier molecular flexibility index (Phi) is 4.51. The first-order valence-corrected chi connectivity index (χ1v) is 7.76. The van der Waals surface area contributed by atoms with E-state index in [0.29, 0.717) is 29.6 Å². The maximum absolute atomic E-state index is 11.2. The monoisotopic (exact) mass is 341 g/mol. The SMILES string of the molecule is COc1ccc(Cn2nc(CC(N)=O)nc2-c2c(C)noc2C)cc1.